The lowest BCUT2D eigenvalue weighted by Gasteiger charge is -2.35. The van der Waals surface area contributed by atoms with Crippen molar-refractivity contribution in [3.63, 3.8) is 0 Å². The van der Waals surface area contributed by atoms with Crippen molar-refractivity contribution in [2.45, 2.75) is 50.5 Å². The van der Waals surface area contributed by atoms with Gasteiger partial charge in [-0.1, -0.05) is 36.4 Å². The van der Waals surface area contributed by atoms with Gasteiger partial charge in [-0.05, 0) is 62.0 Å². The normalized spacial score (nSPS) is 20.4. The third-order valence-electron chi connectivity index (χ3n) is 8.69. The van der Waals surface area contributed by atoms with E-state index in [2.05, 4.69) is 31.4 Å². The molecule has 10 nitrogen and oxygen atoms in total. The molecule has 0 N–H and O–H groups in total. The molecular formula is C33H33N5O5. The van der Waals surface area contributed by atoms with Crippen LogP contribution in [0.15, 0.2) is 54.6 Å². The largest absolute Gasteiger partial charge is 0.485 e. The lowest BCUT2D eigenvalue weighted by molar-refractivity contribution is -0.0593. The summed E-state index contributed by atoms with van der Waals surface area (Å²) < 4.78 is 25.4. The monoisotopic (exact) mass is 579 g/mol. The van der Waals surface area contributed by atoms with Gasteiger partial charge in [-0.3, -0.25) is 4.90 Å². The van der Waals surface area contributed by atoms with Crippen molar-refractivity contribution < 1.29 is 23.7 Å². The van der Waals surface area contributed by atoms with Gasteiger partial charge < -0.3 is 23.5 Å². The quantitative estimate of drug-likeness (QED) is 0.211. The minimum Gasteiger partial charge on any atom is -0.485 e. The summed E-state index contributed by atoms with van der Waals surface area (Å²) in [6, 6.07) is 17.2. The number of nitrogens with zero attached hydrogens (tertiary/aromatic N) is 5. The first-order chi connectivity index (χ1) is 21.1. The molecule has 43 heavy (non-hydrogen) atoms. The van der Waals surface area contributed by atoms with Gasteiger partial charge in [-0.25, -0.2) is 19.6 Å². The van der Waals surface area contributed by atoms with E-state index >= 15 is 0 Å². The molecule has 2 aromatic carbocycles. The number of hydrogen-bond acceptors (Lipinski definition) is 8. The highest BCUT2D eigenvalue weighted by molar-refractivity contribution is 5.89. The number of benzene rings is 2. The summed E-state index contributed by atoms with van der Waals surface area (Å²) >= 11 is 0. The van der Waals surface area contributed by atoms with E-state index in [4.69, 9.17) is 30.5 Å². The van der Waals surface area contributed by atoms with Gasteiger partial charge in [0.1, 0.15) is 17.9 Å². The molecule has 2 fully saturated rings. The minimum atomic E-state index is -0.457. The van der Waals surface area contributed by atoms with Gasteiger partial charge in [0.05, 0.1) is 32.9 Å². The van der Waals surface area contributed by atoms with Crippen LogP contribution in [0.2, 0.25) is 0 Å². The minimum absolute atomic E-state index is 0.134. The average molecular weight is 580 g/mol. The molecule has 0 radical (unpaired) electrons. The Hall–Kier alpha value is -4.46. The number of aromatic nitrogens is 3. The van der Waals surface area contributed by atoms with Crippen molar-refractivity contribution in [2.24, 2.45) is 0 Å². The van der Waals surface area contributed by atoms with E-state index in [1.165, 1.54) is 12.7 Å². The van der Waals surface area contributed by atoms with E-state index < -0.39 is 5.97 Å². The molecule has 0 aliphatic carbocycles. The maximum atomic E-state index is 12.1. The predicted molar refractivity (Wildman–Crippen MR) is 158 cm³/mol. The standard InChI is InChI=1S/C33H33N5O5/c1-34-23-8-6-22(7-9-23)29-20-42-31-25(4-3-5-28(31)43-29)21-12-15-37(16-13-21)19-30-35-26-10-11-27(33(39)40-2)36-32(26)38(30)18-24-14-17-41-24/h3-11,21,24,29H,12-20H2,2H3/t24-,29?/m0/s1. The Morgan fingerprint density at radius 2 is 1.88 bits per heavy atom. The summed E-state index contributed by atoms with van der Waals surface area (Å²) in [5.41, 5.74) is 4.56. The zero-order chi connectivity index (χ0) is 29.3. The van der Waals surface area contributed by atoms with E-state index in [-0.39, 0.29) is 17.9 Å². The molecule has 0 bridgehead atoms. The maximum absolute atomic E-state index is 12.1. The Morgan fingerprint density at radius 3 is 2.60 bits per heavy atom. The fraction of sp³-hybridized carbons (Fsp3) is 0.394. The van der Waals surface area contributed by atoms with Crippen molar-refractivity contribution in [2.75, 3.05) is 33.4 Å². The number of imidazole rings is 1. The third-order valence-corrected chi connectivity index (χ3v) is 8.69. The highest BCUT2D eigenvalue weighted by Crippen LogP contribution is 2.44. The van der Waals surface area contributed by atoms with Gasteiger partial charge in [0.2, 0.25) is 0 Å². The molecule has 2 atom stereocenters. The highest BCUT2D eigenvalue weighted by atomic mass is 16.6. The van der Waals surface area contributed by atoms with Crippen LogP contribution in [0, 0.1) is 6.57 Å². The molecule has 220 valence electrons. The summed E-state index contributed by atoms with van der Waals surface area (Å²) in [5, 5.41) is 0. The van der Waals surface area contributed by atoms with Gasteiger partial charge >= 0.3 is 5.97 Å². The number of carbonyl (C=O) groups is 1. The van der Waals surface area contributed by atoms with Crippen LogP contribution >= 0.6 is 0 Å². The molecule has 0 spiro atoms. The number of hydrogen-bond donors (Lipinski definition) is 0. The Kier molecular flexibility index (Phi) is 7.43. The second kappa shape index (κ2) is 11.7. The lowest BCUT2D eigenvalue weighted by atomic mass is 9.88. The van der Waals surface area contributed by atoms with E-state index in [0.29, 0.717) is 36.9 Å². The molecule has 2 saturated heterocycles. The number of esters is 1. The summed E-state index contributed by atoms with van der Waals surface area (Å²) in [6.45, 7) is 11.6. The van der Waals surface area contributed by atoms with Crippen LogP contribution < -0.4 is 9.47 Å². The molecular weight excluding hydrogens is 546 g/mol. The number of likely N-dealkylation sites (tertiary alicyclic amines) is 1. The summed E-state index contributed by atoms with van der Waals surface area (Å²) in [5.74, 6) is 2.47. The van der Waals surface area contributed by atoms with Crippen molar-refractivity contribution in [1.29, 1.82) is 0 Å². The summed E-state index contributed by atoms with van der Waals surface area (Å²) in [7, 11) is 1.36. The summed E-state index contributed by atoms with van der Waals surface area (Å²) in [6.07, 6.45) is 2.93. The lowest BCUT2D eigenvalue weighted by Crippen LogP contribution is -2.35. The van der Waals surface area contributed by atoms with Crippen LogP contribution in [0.25, 0.3) is 16.0 Å². The molecule has 5 heterocycles. The number of rotatable bonds is 7. The molecule has 1 unspecified atom stereocenters. The SMILES string of the molecule is [C-]#[N+]c1ccc(C2COc3c(cccc3C3CCN(Cc4nc5ccc(C(=O)OC)nc5n4C[C@@H]4CCO4)CC3)O2)cc1. The Labute approximate surface area is 250 Å². The van der Waals surface area contributed by atoms with Crippen LogP contribution in [-0.4, -0.2) is 64.9 Å². The second-order valence-electron chi connectivity index (χ2n) is 11.3. The van der Waals surface area contributed by atoms with Gasteiger partial charge in [0, 0.05) is 12.2 Å². The Balaban J connectivity index is 1.05. The van der Waals surface area contributed by atoms with E-state index in [1.807, 2.05) is 36.4 Å². The average Bonchev–Trinajstić information content (AvgIpc) is 3.37. The number of ether oxygens (including phenoxy) is 4. The number of carbonyl (C=O) groups excluding carboxylic acids is 1. The topological polar surface area (TPSA) is 92.3 Å². The van der Waals surface area contributed by atoms with E-state index in [1.54, 1.807) is 6.07 Å². The first-order valence-corrected chi connectivity index (χ1v) is 14.8. The molecule has 0 saturated carbocycles. The first-order valence-electron chi connectivity index (χ1n) is 14.8. The highest BCUT2D eigenvalue weighted by Gasteiger charge is 2.30. The molecule has 7 rings (SSSR count). The van der Waals surface area contributed by atoms with Crippen molar-refractivity contribution in [1.82, 2.24) is 19.4 Å². The second-order valence-corrected chi connectivity index (χ2v) is 11.3. The smallest absolute Gasteiger partial charge is 0.356 e. The molecule has 2 aromatic heterocycles. The Morgan fingerprint density at radius 1 is 1.07 bits per heavy atom. The third kappa shape index (κ3) is 5.42. The number of pyridine rings is 1. The van der Waals surface area contributed by atoms with Crippen LogP contribution in [-0.2, 0) is 22.6 Å². The van der Waals surface area contributed by atoms with E-state index in [9.17, 15) is 4.79 Å². The zero-order valence-corrected chi connectivity index (χ0v) is 24.1. The van der Waals surface area contributed by atoms with Crippen LogP contribution in [0.3, 0.4) is 0 Å². The molecule has 3 aliphatic rings. The predicted octanol–water partition coefficient (Wildman–Crippen LogP) is 5.45. The maximum Gasteiger partial charge on any atom is 0.356 e. The fourth-order valence-corrected chi connectivity index (χ4v) is 6.19. The molecule has 3 aliphatic heterocycles. The van der Waals surface area contributed by atoms with E-state index in [0.717, 1.165) is 67.4 Å². The van der Waals surface area contributed by atoms with Gasteiger partial charge in [-0.15, -0.1) is 0 Å². The molecule has 10 heteroatoms. The number of para-hydroxylation sites is 1. The molecule has 0 amide bonds. The van der Waals surface area contributed by atoms with Crippen molar-refractivity contribution in [3.8, 4) is 11.5 Å². The number of piperidine rings is 1. The Bertz CT molecular complexity index is 1680. The van der Waals surface area contributed by atoms with Gasteiger partial charge in [0.15, 0.2) is 34.6 Å². The van der Waals surface area contributed by atoms with Crippen molar-refractivity contribution in [3.05, 3.63) is 88.7 Å². The first kappa shape index (κ1) is 27.4. The van der Waals surface area contributed by atoms with Gasteiger partial charge in [0.25, 0.3) is 0 Å². The fourth-order valence-electron chi connectivity index (χ4n) is 6.19. The van der Waals surface area contributed by atoms with Gasteiger partial charge in [-0.2, -0.15) is 0 Å². The molecule has 4 aromatic rings. The zero-order valence-electron chi connectivity index (χ0n) is 24.1. The number of methoxy groups -OCH3 is 1. The summed E-state index contributed by atoms with van der Waals surface area (Å²) in [4.78, 5) is 27.6. The number of fused-ring (bicyclic) bond motifs is 2. The van der Waals surface area contributed by atoms with Crippen molar-refractivity contribution >= 4 is 22.8 Å². The van der Waals surface area contributed by atoms with Crippen LogP contribution in [0.5, 0.6) is 11.5 Å². The van der Waals surface area contributed by atoms with Crippen LogP contribution in [0.1, 0.15) is 58.7 Å². The van der Waals surface area contributed by atoms with Crippen LogP contribution in [0.4, 0.5) is 5.69 Å².